The van der Waals surface area contributed by atoms with E-state index in [1.165, 1.54) is 118 Å². The molecule has 4 unspecified atom stereocenters. The van der Waals surface area contributed by atoms with Crippen LogP contribution in [0, 0.1) is 0 Å². The Morgan fingerprint density at radius 3 is 0.885 bits per heavy atom. The van der Waals surface area contributed by atoms with Crippen LogP contribution in [0.4, 0.5) is 0 Å². The van der Waals surface area contributed by atoms with Crippen molar-refractivity contribution in [2.24, 2.45) is 0 Å². The first-order valence-corrected chi connectivity index (χ1v) is 23.3. The van der Waals surface area contributed by atoms with Crippen molar-refractivity contribution in [1.29, 1.82) is 0 Å². The van der Waals surface area contributed by atoms with E-state index >= 15 is 0 Å². The number of carbonyl (C=O) groups excluding carboxylic acids is 6. The number of hydrogen-bond acceptors (Lipinski definition) is 12. The number of allylic oxidation sites excluding steroid dienone is 4. The van der Waals surface area contributed by atoms with E-state index in [1.54, 1.807) is 0 Å². The summed E-state index contributed by atoms with van der Waals surface area (Å²) in [6, 6.07) is 0. The van der Waals surface area contributed by atoms with E-state index in [2.05, 4.69) is 47.6 Å². The number of rotatable bonds is 38. The number of carbonyl (C=O) groups is 6. The second kappa shape index (κ2) is 45.0. The van der Waals surface area contributed by atoms with Gasteiger partial charge in [-0.1, -0.05) is 141 Å². The SMILES string of the molecule is CCCCCCCC/C=C/CCCCCCCC(=O)OC(C)C(=O)OC(C)C(=O)[O-].CCCCCCCC/C=C/CCCCCCCC(=O)OC(C)C(=O)OC(C)C(=O)[O-].[Zn+2]. The van der Waals surface area contributed by atoms with Crippen molar-refractivity contribution in [1.82, 2.24) is 0 Å². The van der Waals surface area contributed by atoms with Crippen LogP contribution in [0.25, 0.3) is 0 Å². The monoisotopic (exact) mass is 915 g/mol. The van der Waals surface area contributed by atoms with Crippen LogP contribution in [0.5, 0.6) is 0 Å². The molecule has 0 bridgehead atoms. The summed E-state index contributed by atoms with van der Waals surface area (Å²) >= 11 is 0. The van der Waals surface area contributed by atoms with Crippen LogP contribution < -0.4 is 10.2 Å². The molecule has 0 aliphatic heterocycles. The Kier molecular flexibility index (Phi) is 45.9. The Labute approximate surface area is 381 Å². The predicted octanol–water partition coefficient (Wildman–Crippen LogP) is 9.27. The maximum Gasteiger partial charge on any atom is 2.00 e. The molecule has 0 radical (unpaired) electrons. The van der Waals surface area contributed by atoms with E-state index in [-0.39, 0.29) is 32.3 Å². The Balaban J connectivity index is -0.00000109. The Bertz CT molecular complexity index is 1100. The summed E-state index contributed by atoms with van der Waals surface area (Å²) in [5.74, 6) is -5.70. The van der Waals surface area contributed by atoms with Crippen LogP contribution in [0.15, 0.2) is 24.3 Å². The van der Waals surface area contributed by atoms with Gasteiger partial charge in [0.1, 0.15) is 12.2 Å². The van der Waals surface area contributed by atoms with Gasteiger partial charge >= 0.3 is 43.4 Å². The van der Waals surface area contributed by atoms with E-state index in [4.69, 9.17) is 9.47 Å². The molecule has 13 heteroatoms. The summed E-state index contributed by atoms with van der Waals surface area (Å²) in [6.45, 7) is 9.58. The van der Waals surface area contributed by atoms with Crippen LogP contribution in [-0.4, -0.2) is 60.2 Å². The third kappa shape index (κ3) is 43.4. The molecule has 0 saturated heterocycles. The van der Waals surface area contributed by atoms with Crippen molar-refractivity contribution in [2.45, 2.75) is 246 Å². The topological polar surface area (TPSA) is 185 Å². The molecule has 0 rings (SSSR count). The largest absolute Gasteiger partial charge is 2.00 e. The zero-order valence-corrected chi connectivity index (χ0v) is 42.0. The minimum Gasteiger partial charge on any atom is -0.546 e. The zero-order valence-electron chi connectivity index (χ0n) is 39.0. The van der Waals surface area contributed by atoms with Gasteiger partial charge < -0.3 is 38.7 Å². The fraction of sp³-hybridized carbons (Fsp3) is 0.792. The molecular formula is C48H82O12Zn. The Hall–Kier alpha value is -3.08. The van der Waals surface area contributed by atoms with Crippen molar-refractivity contribution >= 4 is 35.8 Å². The standard InChI is InChI=1S/2C24H42O6.Zn/c2*1-4-5-6-7-8-9-10-11-12-13-14-15-16-17-18-19-22(25)29-21(3)24(28)30-20(2)23(26)27;/h2*11-12,20-21H,4-10,13-19H2,1-3H3,(H,26,27);/q;;+2/p-2/b2*12-11+;. The maximum atomic E-state index is 11.7. The van der Waals surface area contributed by atoms with Gasteiger partial charge in [-0.2, -0.15) is 0 Å². The first-order chi connectivity index (χ1) is 28.8. The van der Waals surface area contributed by atoms with E-state index in [0.717, 1.165) is 64.2 Å². The number of unbranched alkanes of at least 4 members (excludes halogenated alkanes) is 22. The quantitative estimate of drug-likeness (QED) is 0.0188. The summed E-state index contributed by atoms with van der Waals surface area (Å²) < 4.78 is 19.2. The number of ether oxygens (including phenoxy) is 4. The fourth-order valence-electron chi connectivity index (χ4n) is 5.92. The van der Waals surface area contributed by atoms with Crippen molar-refractivity contribution in [3.63, 3.8) is 0 Å². The molecule has 0 N–H and O–H groups in total. The average Bonchev–Trinajstić information content (AvgIpc) is 3.20. The fourth-order valence-corrected chi connectivity index (χ4v) is 5.92. The molecule has 0 amide bonds. The number of aliphatic carboxylic acids is 2. The smallest absolute Gasteiger partial charge is 0.546 e. The first kappa shape index (κ1) is 62.2. The molecule has 348 valence electrons. The molecule has 0 fully saturated rings. The normalized spacial score (nSPS) is 13.0. The van der Waals surface area contributed by atoms with Crippen molar-refractivity contribution in [3.8, 4) is 0 Å². The van der Waals surface area contributed by atoms with E-state index in [9.17, 15) is 39.0 Å². The third-order valence-electron chi connectivity index (χ3n) is 9.82. The van der Waals surface area contributed by atoms with Crippen LogP contribution in [0.2, 0.25) is 0 Å². The van der Waals surface area contributed by atoms with Crippen molar-refractivity contribution in [3.05, 3.63) is 24.3 Å². The molecule has 0 aromatic heterocycles. The molecule has 0 heterocycles. The Morgan fingerprint density at radius 1 is 0.377 bits per heavy atom. The number of hydrogen-bond donors (Lipinski definition) is 0. The van der Waals surface area contributed by atoms with Gasteiger partial charge in [-0.25, -0.2) is 9.59 Å². The molecule has 0 spiro atoms. The number of esters is 4. The third-order valence-corrected chi connectivity index (χ3v) is 9.82. The van der Waals surface area contributed by atoms with Crippen molar-refractivity contribution < 1.29 is 77.4 Å². The molecule has 12 nitrogen and oxygen atoms in total. The molecule has 0 aliphatic rings. The summed E-state index contributed by atoms with van der Waals surface area (Å²) in [5, 5.41) is 21.1. The maximum absolute atomic E-state index is 11.7. The van der Waals surface area contributed by atoms with Gasteiger partial charge in [-0.3, -0.25) is 9.59 Å². The second-order valence-electron chi connectivity index (χ2n) is 15.7. The zero-order chi connectivity index (χ0) is 45.2. The van der Waals surface area contributed by atoms with Gasteiger partial charge in [-0.15, -0.1) is 0 Å². The molecule has 0 aromatic rings. The minimum atomic E-state index is -1.49. The molecule has 0 saturated carbocycles. The first-order valence-electron chi connectivity index (χ1n) is 23.3. The summed E-state index contributed by atoms with van der Waals surface area (Å²) in [6.07, 6.45) is 35.4. The average molecular weight is 917 g/mol. The summed E-state index contributed by atoms with van der Waals surface area (Å²) in [4.78, 5) is 67.8. The summed E-state index contributed by atoms with van der Waals surface area (Å²) in [5.41, 5.74) is 0. The Morgan fingerprint density at radius 2 is 0.623 bits per heavy atom. The van der Waals surface area contributed by atoms with Crippen LogP contribution >= 0.6 is 0 Å². The molecule has 0 aliphatic carbocycles. The predicted molar refractivity (Wildman–Crippen MR) is 231 cm³/mol. The molecule has 4 atom stereocenters. The molecule has 61 heavy (non-hydrogen) atoms. The van der Waals surface area contributed by atoms with Gasteiger partial charge in [0.15, 0.2) is 12.2 Å². The van der Waals surface area contributed by atoms with Gasteiger partial charge in [0, 0.05) is 12.8 Å². The van der Waals surface area contributed by atoms with Crippen LogP contribution in [0.1, 0.15) is 221 Å². The minimum absolute atomic E-state index is 0. The summed E-state index contributed by atoms with van der Waals surface area (Å²) in [7, 11) is 0. The van der Waals surface area contributed by atoms with Gasteiger partial charge in [-0.05, 0) is 91.9 Å². The van der Waals surface area contributed by atoms with Crippen LogP contribution in [0.3, 0.4) is 0 Å². The second-order valence-corrected chi connectivity index (χ2v) is 15.7. The number of carboxylic acids is 2. The van der Waals surface area contributed by atoms with Gasteiger partial charge in [0.25, 0.3) is 0 Å². The van der Waals surface area contributed by atoms with Crippen molar-refractivity contribution in [2.75, 3.05) is 0 Å². The molecular weight excluding hydrogens is 834 g/mol. The van der Waals surface area contributed by atoms with E-state index in [1.807, 2.05) is 0 Å². The van der Waals surface area contributed by atoms with E-state index < -0.39 is 60.2 Å². The van der Waals surface area contributed by atoms with Gasteiger partial charge in [0.2, 0.25) is 0 Å². The van der Waals surface area contributed by atoms with E-state index in [0.29, 0.717) is 12.8 Å². The van der Waals surface area contributed by atoms with Gasteiger partial charge in [0.05, 0.1) is 11.9 Å². The molecule has 0 aromatic carbocycles. The van der Waals surface area contributed by atoms with Crippen LogP contribution in [-0.2, 0) is 67.2 Å². The number of carboxylic acid groups (broad SMARTS) is 2.